The summed E-state index contributed by atoms with van der Waals surface area (Å²) in [4.78, 5) is 29.2. The van der Waals surface area contributed by atoms with Crippen LogP contribution in [0.1, 0.15) is 38.8 Å². The molecule has 0 bridgehead atoms. The van der Waals surface area contributed by atoms with Crippen molar-refractivity contribution >= 4 is 28.8 Å². The van der Waals surface area contributed by atoms with Crippen LogP contribution in [0.2, 0.25) is 0 Å². The molecule has 5 nitrogen and oxygen atoms in total. The zero-order chi connectivity index (χ0) is 16.4. The zero-order valence-electron chi connectivity index (χ0n) is 13.2. The molecule has 1 aromatic heterocycles. The van der Waals surface area contributed by atoms with Gasteiger partial charge in [-0.3, -0.25) is 9.59 Å². The molecule has 1 saturated carbocycles. The molecule has 1 aliphatic rings. The Hall–Kier alpha value is -2.21. The number of aromatic nitrogens is 1. The average Bonchev–Trinajstić information content (AvgIpc) is 3.23. The third-order valence-electron chi connectivity index (χ3n) is 3.61. The Balaban J connectivity index is 1.61. The third kappa shape index (κ3) is 4.16. The Kier molecular flexibility index (Phi) is 4.43. The summed E-state index contributed by atoms with van der Waals surface area (Å²) in [6, 6.07) is 7.95. The first kappa shape index (κ1) is 15.7. The molecular formula is C17H19N3O2S. The van der Waals surface area contributed by atoms with Crippen molar-refractivity contribution in [1.29, 1.82) is 0 Å². The summed E-state index contributed by atoms with van der Waals surface area (Å²) in [5, 5.41) is 6.46. The number of benzene rings is 1. The highest BCUT2D eigenvalue weighted by atomic mass is 32.1. The predicted octanol–water partition coefficient (Wildman–Crippen LogP) is 2.83. The van der Waals surface area contributed by atoms with Crippen molar-refractivity contribution < 1.29 is 9.59 Å². The fraction of sp³-hybridized carbons (Fsp3) is 0.353. The van der Waals surface area contributed by atoms with Crippen molar-refractivity contribution in [2.45, 2.75) is 39.2 Å². The molecule has 1 fully saturated rings. The van der Waals surface area contributed by atoms with Gasteiger partial charge in [0.15, 0.2) is 0 Å². The molecule has 2 aromatic rings. The van der Waals surface area contributed by atoms with Crippen molar-refractivity contribution in [3.05, 3.63) is 45.4 Å². The van der Waals surface area contributed by atoms with Crippen LogP contribution in [0.3, 0.4) is 0 Å². The number of nitrogens with zero attached hydrogens (tertiary/aromatic N) is 1. The molecule has 1 aliphatic carbocycles. The highest BCUT2D eigenvalue weighted by Gasteiger charge is 2.26. The molecule has 0 spiro atoms. The van der Waals surface area contributed by atoms with Crippen molar-refractivity contribution in [3.63, 3.8) is 0 Å². The van der Waals surface area contributed by atoms with Crippen LogP contribution in [0.5, 0.6) is 0 Å². The van der Waals surface area contributed by atoms with E-state index < -0.39 is 0 Å². The molecule has 6 heteroatoms. The van der Waals surface area contributed by atoms with Crippen molar-refractivity contribution in [1.82, 2.24) is 10.3 Å². The lowest BCUT2D eigenvalue weighted by atomic mass is 10.2. The molecule has 2 amide bonds. The van der Waals surface area contributed by atoms with Crippen LogP contribution in [0.25, 0.3) is 0 Å². The molecule has 120 valence electrons. The van der Waals surface area contributed by atoms with E-state index in [4.69, 9.17) is 0 Å². The topological polar surface area (TPSA) is 71.1 Å². The minimum absolute atomic E-state index is 0.0762. The number of aryl methyl sites for hydroxylation is 2. The van der Waals surface area contributed by atoms with Gasteiger partial charge >= 0.3 is 0 Å². The zero-order valence-corrected chi connectivity index (χ0v) is 14.0. The van der Waals surface area contributed by atoms with Gasteiger partial charge in [0.05, 0.1) is 12.1 Å². The summed E-state index contributed by atoms with van der Waals surface area (Å²) in [6.07, 6.45) is 2.28. The normalized spacial score (nSPS) is 13.7. The van der Waals surface area contributed by atoms with E-state index in [0.717, 1.165) is 24.1 Å². The molecule has 0 unspecified atom stereocenters. The Morgan fingerprint density at radius 2 is 1.91 bits per heavy atom. The number of hydrogen-bond acceptors (Lipinski definition) is 4. The van der Waals surface area contributed by atoms with Gasteiger partial charge in [0, 0.05) is 11.7 Å². The van der Waals surface area contributed by atoms with Gasteiger partial charge in [-0.25, -0.2) is 4.98 Å². The fourth-order valence-electron chi connectivity index (χ4n) is 2.20. The first-order valence-corrected chi connectivity index (χ1v) is 8.46. The van der Waals surface area contributed by atoms with Gasteiger partial charge < -0.3 is 10.6 Å². The number of amides is 2. The fourth-order valence-corrected chi connectivity index (χ4v) is 3.16. The maximum absolute atomic E-state index is 12.1. The van der Waals surface area contributed by atoms with Crippen LogP contribution in [-0.2, 0) is 11.2 Å². The largest absolute Gasteiger partial charge is 0.349 e. The maximum atomic E-state index is 12.1. The molecule has 0 saturated heterocycles. The lowest BCUT2D eigenvalue weighted by Gasteiger charge is -2.04. The Morgan fingerprint density at radius 3 is 2.57 bits per heavy atom. The van der Waals surface area contributed by atoms with Crippen molar-refractivity contribution in [2.24, 2.45) is 0 Å². The van der Waals surface area contributed by atoms with Crippen LogP contribution < -0.4 is 10.6 Å². The van der Waals surface area contributed by atoms with E-state index >= 15 is 0 Å². The van der Waals surface area contributed by atoms with Gasteiger partial charge in [-0.2, -0.15) is 0 Å². The molecule has 3 rings (SSSR count). The van der Waals surface area contributed by atoms with Crippen LogP contribution in [0.15, 0.2) is 24.3 Å². The van der Waals surface area contributed by atoms with Crippen LogP contribution in [-0.4, -0.2) is 22.8 Å². The maximum Gasteiger partial charge on any atom is 0.263 e. The highest BCUT2D eigenvalue weighted by molar-refractivity contribution is 7.13. The van der Waals surface area contributed by atoms with E-state index in [0.29, 0.717) is 21.6 Å². The standard InChI is InChI=1S/C17H19N3O2S/c1-10-3-5-12(6-4-10)19-14(21)9-15-18-11(2)16(23-15)17(22)20-13-7-8-13/h3-6,13H,7-9H2,1-2H3,(H,19,21)(H,20,22). The number of rotatable bonds is 5. The predicted molar refractivity (Wildman–Crippen MR) is 90.9 cm³/mol. The first-order chi connectivity index (χ1) is 11.0. The van der Waals surface area contributed by atoms with Crippen molar-refractivity contribution in [3.8, 4) is 0 Å². The lowest BCUT2D eigenvalue weighted by molar-refractivity contribution is -0.115. The monoisotopic (exact) mass is 329 g/mol. The molecular weight excluding hydrogens is 310 g/mol. The molecule has 0 atom stereocenters. The third-order valence-corrected chi connectivity index (χ3v) is 4.76. The molecule has 1 heterocycles. The van der Waals surface area contributed by atoms with Gasteiger partial charge in [-0.05, 0) is 38.8 Å². The number of carbonyl (C=O) groups excluding carboxylic acids is 2. The van der Waals surface area contributed by atoms with Gasteiger partial charge in [0.2, 0.25) is 5.91 Å². The second kappa shape index (κ2) is 6.50. The first-order valence-electron chi connectivity index (χ1n) is 7.65. The summed E-state index contributed by atoms with van der Waals surface area (Å²) in [5.74, 6) is -0.204. The summed E-state index contributed by atoms with van der Waals surface area (Å²) in [5.41, 5.74) is 2.59. The van der Waals surface area contributed by atoms with E-state index in [2.05, 4.69) is 15.6 Å². The van der Waals surface area contributed by atoms with Crippen LogP contribution in [0.4, 0.5) is 5.69 Å². The van der Waals surface area contributed by atoms with E-state index in [1.54, 1.807) is 6.92 Å². The van der Waals surface area contributed by atoms with E-state index in [9.17, 15) is 9.59 Å². The minimum atomic E-state index is -0.128. The van der Waals surface area contributed by atoms with E-state index in [-0.39, 0.29) is 18.2 Å². The van der Waals surface area contributed by atoms with Gasteiger partial charge in [-0.1, -0.05) is 17.7 Å². The molecule has 1 aromatic carbocycles. The van der Waals surface area contributed by atoms with Gasteiger partial charge in [-0.15, -0.1) is 11.3 Å². The highest BCUT2D eigenvalue weighted by Crippen LogP contribution is 2.23. The molecule has 0 radical (unpaired) electrons. The van der Waals surface area contributed by atoms with E-state index in [1.807, 2.05) is 31.2 Å². The Bertz CT molecular complexity index is 733. The number of nitrogens with one attached hydrogen (secondary N) is 2. The Morgan fingerprint density at radius 1 is 1.22 bits per heavy atom. The summed E-state index contributed by atoms with van der Waals surface area (Å²) < 4.78 is 0. The number of thiazole rings is 1. The van der Waals surface area contributed by atoms with Gasteiger partial charge in [0.1, 0.15) is 9.88 Å². The van der Waals surface area contributed by atoms with E-state index in [1.165, 1.54) is 11.3 Å². The molecule has 2 N–H and O–H groups in total. The quantitative estimate of drug-likeness (QED) is 0.886. The molecule has 23 heavy (non-hydrogen) atoms. The number of carbonyl (C=O) groups is 2. The SMILES string of the molecule is Cc1ccc(NC(=O)Cc2nc(C)c(C(=O)NC3CC3)s2)cc1. The number of hydrogen-bond donors (Lipinski definition) is 2. The lowest BCUT2D eigenvalue weighted by Crippen LogP contribution is -2.25. The number of anilines is 1. The van der Waals surface area contributed by atoms with Crippen molar-refractivity contribution in [2.75, 3.05) is 5.32 Å². The summed E-state index contributed by atoms with van der Waals surface area (Å²) in [7, 11) is 0. The second-order valence-corrected chi connectivity index (χ2v) is 6.94. The molecule has 0 aliphatic heterocycles. The van der Waals surface area contributed by atoms with Gasteiger partial charge in [0.25, 0.3) is 5.91 Å². The minimum Gasteiger partial charge on any atom is -0.349 e. The van der Waals surface area contributed by atoms with Crippen LogP contribution in [0, 0.1) is 13.8 Å². The summed E-state index contributed by atoms with van der Waals surface area (Å²) in [6.45, 7) is 3.80. The summed E-state index contributed by atoms with van der Waals surface area (Å²) >= 11 is 1.29. The smallest absolute Gasteiger partial charge is 0.263 e. The Labute approximate surface area is 139 Å². The average molecular weight is 329 g/mol. The second-order valence-electron chi connectivity index (χ2n) is 5.86. The van der Waals surface area contributed by atoms with Crippen LogP contribution >= 0.6 is 11.3 Å².